The number of rotatable bonds is 4. The molecule has 1 N–H and O–H groups in total. The second-order valence-electron chi connectivity index (χ2n) is 3.78. The summed E-state index contributed by atoms with van der Waals surface area (Å²) in [7, 11) is -2.14. The molecule has 0 aliphatic carbocycles. The number of esters is 1. The van der Waals surface area contributed by atoms with Crippen molar-refractivity contribution in [2.24, 2.45) is 0 Å². The predicted molar refractivity (Wildman–Crippen MR) is 56.3 cm³/mol. The van der Waals surface area contributed by atoms with Crippen LogP contribution in [0.4, 0.5) is 0 Å². The van der Waals surface area contributed by atoms with Gasteiger partial charge in [0.15, 0.2) is 9.84 Å². The van der Waals surface area contributed by atoms with Crippen LogP contribution in [0.2, 0.25) is 0 Å². The van der Waals surface area contributed by atoms with Crippen LogP contribution in [0, 0.1) is 0 Å². The van der Waals surface area contributed by atoms with E-state index in [9.17, 15) is 13.2 Å². The van der Waals surface area contributed by atoms with Gasteiger partial charge in [0.05, 0.1) is 12.9 Å². The number of hydrogen-bond donors (Lipinski definition) is 1. The Morgan fingerprint density at radius 3 is 2.73 bits per heavy atom. The Balaban J connectivity index is 2.44. The molecule has 0 aromatic carbocycles. The van der Waals surface area contributed by atoms with Gasteiger partial charge < -0.3 is 10.1 Å². The van der Waals surface area contributed by atoms with E-state index < -0.39 is 21.6 Å². The maximum absolute atomic E-state index is 11.5. The van der Waals surface area contributed by atoms with Crippen LogP contribution >= 0.6 is 0 Å². The number of piperidine rings is 1. The van der Waals surface area contributed by atoms with Crippen LogP contribution in [0.3, 0.4) is 0 Å². The molecule has 0 saturated carbocycles. The van der Waals surface area contributed by atoms with E-state index in [0.29, 0.717) is 0 Å². The fourth-order valence-electron chi connectivity index (χ4n) is 1.67. The van der Waals surface area contributed by atoms with Crippen LogP contribution in [0.1, 0.15) is 19.3 Å². The summed E-state index contributed by atoms with van der Waals surface area (Å²) < 4.78 is 27.4. The Labute approximate surface area is 90.1 Å². The average molecular weight is 235 g/mol. The molecule has 0 spiro atoms. The first-order valence-electron chi connectivity index (χ1n) is 5.04. The number of sulfone groups is 1. The minimum absolute atomic E-state index is 0.00611. The van der Waals surface area contributed by atoms with Gasteiger partial charge >= 0.3 is 5.97 Å². The van der Waals surface area contributed by atoms with Crippen LogP contribution in [-0.2, 0) is 19.4 Å². The van der Waals surface area contributed by atoms with E-state index in [-0.39, 0.29) is 11.8 Å². The minimum atomic E-state index is -3.33. The molecule has 0 aromatic heterocycles. The molecular weight excluding hydrogens is 218 g/mol. The van der Waals surface area contributed by atoms with Crippen molar-refractivity contribution in [2.75, 3.05) is 25.2 Å². The van der Waals surface area contributed by atoms with Crippen molar-refractivity contribution in [1.29, 1.82) is 0 Å². The van der Waals surface area contributed by atoms with Crippen molar-refractivity contribution in [2.45, 2.75) is 25.3 Å². The van der Waals surface area contributed by atoms with E-state index in [1.54, 1.807) is 0 Å². The lowest BCUT2D eigenvalue weighted by molar-refractivity contribution is -0.137. The van der Waals surface area contributed by atoms with E-state index >= 15 is 0 Å². The van der Waals surface area contributed by atoms with Gasteiger partial charge in [0.2, 0.25) is 0 Å². The number of nitrogens with one attached hydrogen (secondary N) is 1. The summed E-state index contributed by atoms with van der Waals surface area (Å²) in [5.74, 6) is -1.17. The van der Waals surface area contributed by atoms with Crippen molar-refractivity contribution < 1.29 is 17.9 Å². The maximum atomic E-state index is 11.5. The summed E-state index contributed by atoms with van der Waals surface area (Å²) in [5.41, 5.74) is 0. The highest BCUT2D eigenvalue weighted by Crippen LogP contribution is 2.09. The lowest BCUT2D eigenvalue weighted by Crippen LogP contribution is -2.40. The van der Waals surface area contributed by atoms with Gasteiger partial charge in [0.1, 0.15) is 5.75 Å². The highest BCUT2D eigenvalue weighted by atomic mass is 32.2. The molecule has 0 amide bonds. The molecule has 0 radical (unpaired) electrons. The molecule has 0 aromatic rings. The van der Waals surface area contributed by atoms with E-state index in [1.807, 2.05) is 0 Å². The van der Waals surface area contributed by atoms with E-state index in [0.717, 1.165) is 25.8 Å². The smallest absolute Gasteiger partial charge is 0.320 e. The Bertz CT molecular complexity index is 306. The van der Waals surface area contributed by atoms with Crippen molar-refractivity contribution in [3.63, 3.8) is 0 Å². The lowest BCUT2D eigenvalue weighted by atomic mass is 10.1. The molecule has 6 heteroatoms. The third kappa shape index (κ3) is 4.61. The van der Waals surface area contributed by atoms with Crippen LogP contribution < -0.4 is 5.32 Å². The number of carbonyl (C=O) groups is 1. The lowest BCUT2D eigenvalue weighted by Gasteiger charge is -2.22. The molecular formula is C9H17NO4S. The van der Waals surface area contributed by atoms with E-state index in [2.05, 4.69) is 10.1 Å². The molecule has 0 bridgehead atoms. The topological polar surface area (TPSA) is 72.5 Å². The van der Waals surface area contributed by atoms with Crippen molar-refractivity contribution >= 4 is 15.8 Å². The second-order valence-corrected chi connectivity index (χ2v) is 5.89. The fraction of sp³-hybridized carbons (Fsp3) is 0.889. The minimum Gasteiger partial charge on any atom is -0.468 e. The zero-order chi connectivity index (χ0) is 11.3. The Hall–Kier alpha value is -0.620. The molecule has 1 atom stereocenters. The standard InChI is InChI=1S/C9H17NO4S/c1-14-9(11)7-15(12,13)6-8-4-2-3-5-10-8/h8,10H,2-7H2,1H3/t8-/m1/s1. The summed E-state index contributed by atoms with van der Waals surface area (Å²) >= 11 is 0. The maximum Gasteiger partial charge on any atom is 0.320 e. The normalized spacial score (nSPS) is 22.3. The zero-order valence-electron chi connectivity index (χ0n) is 8.86. The molecule has 1 fully saturated rings. The van der Waals surface area contributed by atoms with Gasteiger partial charge in [-0.1, -0.05) is 6.42 Å². The molecule has 1 aliphatic heterocycles. The van der Waals surface area contributed by atoms with Gasteiger partial charge in [-0.25, -0.2) is 8.42 Å². The Kier molecular flexibility index (Phi) is 4.53. The second kappa shape index (κ2) is 5.46. The quantitative estimate of drug-likeness (QED) is 0.678. The third-order valence-electron chi connectivity index (χ3n) is 2.43. The van der Waals surface area contributed by atoms with Crippen molar-refractivity contribution in [3.05, 3.63) is 0 Å². The monoisotopic (exact) mass is 235 g/mol. The number of methoxy groups -OCH3 is 1. The molecule has 5 nitrogen and oxygen atoms in total. The summed E-state index contributed by atoms with van der Waals surface area (Å²) in [6.07, 6.45) is 3.00. The molecule has 15 heavy (non-hydrogen) atoms. The number of hydrogen-bond acceptors (Lipinski definition) is 5. The molecule has 88 valence electrons. The van der Waals surface area contributed by atoms with E-state index in [4.69, 9.17) is 0 Å². The predicted octanol–water partition coefficient (Wildman–Crippen LogP) is -0.284. The van der Waals surface area contributed by atoms with Gasteiger partial charge in [-0.15, -0.1) is 0 Å². The fourth-order valence-corrected chi connectivity index (χ4v) is 3.16. The summed E-state index contributed by atoms with van der Waals surface area (Å²) in [6.45, 7) is 0.860. The largest absolute Gasteiger partial charge is 0.468 e. The van der Waals surface area contributed by atoms with Gasteiger partial charge in [0, 0.05) is 6.04 Å². The first-order chi connectivity index (χ1) is 7.03. The summed E-state index contributed by atoms with van der Waals surface area (Å²) in [4.78, 5) is 10.8. The van der Waals surface area contributed by atoms with Crippen LogP contribution in [-0.4, -0.2) is 45.6 Å². The van der Waals surface area contributed by atoms with Crippen LogP contribution in [0.25, 0.3) is 0 Å². The van der Waals surface area contributed by atoms with Gasteiger partial charge in [-0.2, -0.15) is 0 Å². The molecule has 1 saturated heterocycles. The highest BCUT2D eigenvalue weighted by Gasteiger charge is 2.23. The molecule has 1 rings (SSSR count). The van der Waals surface area contributed by atoms with E-state index in [1.165, 1.54) is 7.11 Å². The Morgan fingerprint density at radius 2 is 2.20 bits per heavy atom. The third-order valence-corrected chi connectivity index (χ3v) is 4.02. The highest BCUT2D eigenvalue weighted by molar-refractivity contribution is 7.92. The van der Waals surface area contributed by atoms with Gasteiger partial charge in [-0.05, 0) is 19.4 Å². The van der Waals surface area contributed by atoms with Crippen LogP contribution in [0.5, 0.6) is 0 Å². The zero-order valence-corrected chi connectivity index (χ0v) is 9.68. The average Bonchev–Trinajstić information content (AvgIpc) is 2.17. The summed E-state index contributed by atoms with van der Waals surface area (Å²) in [6, 6.07) is -0.00611. The number of carbonyl (C=O) groups excluding carboxylic acids is 1. The first-order valence-corrected chi connectivity index (χ1v) is 6.86. The van der Waals surface area contributed by atoms with Gasteiger partial charge in [0.25, 0.3) is 0 Å². The van der Waals surface area contributed by atoms with Crippen molar-refractivity contribution in [3.8, 4) is 0 Å². The molecule has 1 aliphatic rings. The summed E-state index contributed by atoms with van der Waals surface area (Å²) in [5, 5.41) is 3.14. The first kappa shape index (κ1) is 12.4. The van der Waals surface area contributed by atoms with Crippen molar-refractivity contribution in [1.82, 2.24) is 5.32 Å². The van der Waals surface area contributed by atoms with Crippen LogP contribution in [0.15, 0.2) is 0 Å². The molecule has 0 unspecified atom stereocenters. The SMILES string of the molecule is COC(=O)CS(=O)(=O)C[C@H]1CCCCN1. The molecule has 1 heterocycles. The Morgan fingerprint density at radius 1 is 1.47 bits per heavy atom. The number of ether oxygens (including phenoxy) is 1. The van der Waals surface area contributed by atoms with Gasteiger partial charge in [-0.3, -0.25) is 4.79 Å².